The van der Waals surface area contributed by atoms with Gasteiger partial charge in [-0.05, 0) is 0 Å². The molecule has 0 fully saturated rings. The Labute approximate surface area is 96.9 Å². The van der Waals surface area contributed by atoms with E-state index in [-0.39, 0.29) is 69.8 Å². The van der Waals surface area contributed by atoms with Crippen molar-refractivity contribution in [2.75, 3.05) is 0 Å². The molecule has 0 amide bonds. The van der Waals surface area contributed by atoms with Crippen molar-refractivity contribution in [2.24, 2.45) is 0 Å². The van der Waals surface area contributed by atoms with Gasteiger partial charge in [0.25, 0.3) is 0 Å². The molecule has 0 bridgehead atoms. The summed E-state index contributed by atoms with van der Waals surface area (Å²) in [6.07, 6.45) is 0. The standard InChI is InChI=1S/Ce.H3N.H2O4S.4H2O/c;;1-5(2,3)4;;;;/h;1H3;(H2,1,2,3,4);4*1H2. The first-order chi connectivity index (χ1) is 2.00. The maximum atomic E-state index is 8.74. The van der Waals surface area contributed by atoms with E-state index in [2.05, 4.69) is 0 Å². The molecule has 0 radical (unpaired) electrons. The summed E-state index contributed by atoms with van der Waals surface area (Å²) in [5, 5.41) is 0. The van der Waals surface area contributed by atoms with Gasteiger partial charge in [0.15, 0.2) is 0 Å². The van der Waals surface area contributed by atoms with Gasteiger partial charge < -0.3 is 28.1 Å². The first-order valence-electron chi connectivity index (χ1n) is 0.698. The smallest absolute Gasteiger partial charge is 0.394 e. The van der Waals surface area contributed by atoms with Gasteiger partial charge >= 0.3 is 10.4 Å². The molecule has 0 aliphatic carbocycles. The van der Waals surface area contributed by atoms with Crippen LogP contribution in [-0.2, 0) is 10.4 Å². The Balaban J connectivity index is -0.00000000533. The van der Waals surface area contributed by atoms with Crippen LogP contribution < -0.4 is 6.15 Å². The average Bonchev–Trinajstić information content (AvgIpc) is 0.722. The molecule has 0 atom stereocenters. The van der Waals surface area contributed by atoms with Crippen molar-refractivity contribution in [1.82, 2.24) is 6.15 Å². The quantitative estimate of drug-likeness (QED) is 0.378. The number of rotatable bonds is 0. The van der Waals surface area contributed by atoms with E-state index in [4.69, 9.17) is 17.5 Å². The Hall–Kier alpha value is 1.05. The Morgan fingerprint density at radius 2 is 0.818 bits per heavy atom. The van der Waals surface area contributed by atoms with Gasteiger partial charge in [0.1, 0.15) is 0 Å². The van der Waals surface area contributed by atoms with E-state index in [0.717, 1.165) is 0 Å². The third kappa shape index (κ3) is 825. The van der Waals surface area contributed by atoms with Crippen LogP contribution in [0.25, 0.3) is 0 Å². The molecule has 11 heavy (non-hydrogen) atoms. The minimum atomic E-state index is -4.67. The molecule has 0 aromatic carbocycles. The molecule has 0 aliphatic heterocycles. The first kappa shape index (κ1) is 57.7. The fourth-order valence-corrected chi connectivity index (χ4v) is 0. The van der Waals surface area contributed by atoms with Gasteiger partial charge in [-0.25, -0.2) is 0 Å². The van der Waals surface area contributed by atoms with Gasteiger partial charge in [-0.15, -0.1) is 0 Å². The van der Waals surface area contributed by atoms with E-state index >= 15 is 0 Å². The minimum Gasteiger partial charge on any atom is -0.412 e. The number of hydrogen-bond donors (Lipinski definition) is 3. The summed E-state index contributed by atoms with van der Waals surface area (Å²) in [4.78, 5) is 0. The Bertz CT molecular complexity index is 97.3. The second kappa shape index (κ2) is 22.5. The van der Waals surface area contributed by atoms with E-state index in [1.807, 2.05) is 0 Å². The van der Waals surface area contributed by atoms with Gasteiger partial charge in [0, 0.05) is 41.7 Å². The largest absolute Gasteiger partial charge is 0.412 e. The summed E-state index contributed by atoms with van der Waals surface area (Å²) in [6, 6.07) is 0. The zero-order valence-corrected chi connectivity index (χ0v) is 9.28. The molecule has 0 aliphatic rings. The average molecular weight is 327 g/mol. The van der Waals surface area contributed by atoms with E-state index in [1.54, 1.807) is 0 Å². The van der Waals surface area contributed by atoms with Crippen LogP contribution in [0.5, 0.6) is 0 Å². The topological polar surface area (TPSA) is 236 Å². The van der Waals surface area contributed by atoms with Crippen LogP contribution >= 0.6 is 0 Å². The van der Waals surface area contributed by atoms with Crippen molar-refractivity contribution in [2.45, 2.75) is 0 Å². The third-order valence-corrected chi connectivity index (χ3v) is 0. The Morgan fingerprint density at radius 1 is 0.818 bits per heavy atom. The van der Waals surface area contributed by atoms with Crippen molar-refractivity contribution in [3.63, 3.8) is 0 Å². The van der Waals surface area contributed by atoms with Crippen molar-refractivity contribution >= 4 is 10.4 Å². The van der Waals surface area contributed by atoms with Gasteiger partial charge in [0.2, 0.25) is 0 Å². The third-order valence-electron chi connectivity index (χ3n) is 0. The molecule has 76 valence electrons. The summed E-state index contributed by atoms with van der Waals surface area (Å²) < 4.78 is 31.6. The summed E-state index contributed by atoms with van der Waals surface area (Å²) >= 11 is 0. The first-order valence-corrected chi connectivity index (χ1v) is 2.10. The van der Waals surface area contributed by atoms with E-state index in [1.165, 1.54) is 0 Å². The van der Waals surface area contributed by atoms with Gasteiger partial charge in [-0.1, -0.05) is 0 Å². The Morgan fingerprint density at radius 3 is 0.818 bits per heavy atom. The maximum absolute atomic E-state index is 8.74. The Kier molecular flexibility index (Phi) is 118. The van der Waals surface area contributed by atoms with Gasteiger partial charge in [-0.2, -0.15) is 8.42 Å². The summed E-state index contributed by atoms with van der Waals surface area (Å²) in [5.41, 5.74) is 0. The molecule has 0 heterocycles. The molecule has 0 rings (SSSR count). The van der Waals surface area contributed by atoms with Crippen molar-refractivity contribution in [1.29, 1.82) is 0 Å². The normalized spacial score (nSPS) is 5.27. The van der Waals surface area contributed by atoms with E-state index in [0.29, 0.717) is 0 Å². The zero-order valence-electron chi connectivity index (χ0n) is 5.33. The van der Waals surface area contributed by atoms with E-state index < -0.39 is 10.4 Å². The molecule has 0 aromatic rings. The second-order valence-electron chi connectivity index (χ2n) is 0.448. The molecule has 11 heteroatoms. The van der Waals surface area contributed by atoms with Crippen molar-refractivity contribution in [3.8, 4) is 0 Å². The summed E-state index contributed by atoms with van der Waals surface area (Å²) in [6.45, 7) is 0. The fourth-order valence-electron chi connectivity index (χ4n) is 0. The predicted octanol–water partition coefficient (Wildman–Crippen LogP) is -3.79. The summed E-state index contributed by atoms with van der Waals surface area (Å²) in [7, 11) is -4.67. The molecule has 0 aromatic heterocycles. The number of hydrogen-bond acceptors (Lipinski definition) is 3. The second-order valence-corrected chi connectivity index (χ2v) is 1.34. The van der Waals surface area contributed by atoms with Gasteiger partial charge in [-0.3, -0.25) is 9.11 Å². The van der Waals surface area contributed by atoms with Crippen LogP contribution in [0.2, 0.25) is 0 Å². The van der Waals surface area contributed by atoms with Crippen LogP contribution in [-0.4, -0.2) is 39.4 Å². The molecular weight excluding hydrogens is 314 g/mol. The molecule has 0 unspecified atom stereocenters. The minimum absolute atomic E-state index is 0. The fraction of sp³-hybridized carbons (Fsp3) is 0. The molecule has 0 saturated heterocycles. The summed E-state index contributed by atoms with van der Waals surface area (Å²) in [5.74, 6) is 0. The zero-order chi connectivity index (χ0) is 4.50. The van der Waals surface area contributed by atoms with Gasteiger partial charge in [0.05, 0.1) is 0 Å². The molecule has 0 saturated carbocycles. The van der Waals surface area contributed by atoms with Crippen molar-refractivity contribution in [3.05, 3.63) is 0 Å². The monoisotopic (exact) mass is 327 g/mol. The van der Waals surface area contributed by atoms with Crippen LogP contribution in [0, 0.1) is 41.7 Å². The van der Waals surface area contributed by atoms with Crippen LogP contribution in [0.1, 0.15) is 0 Å². The maximum Gasteiger partial charge on any atom is 0.394 e. The molecule has 9 nitrogen and oxygen atoms in total. The molecule has 0 spiro atoms. The van der Waals surface area contributed by atoms with Crippen LogP contribution in [0.15, 0.2) is 0 Å². The van der Waals surface area contributed by atoms with Crippen LogP contribution in [0.4, 0.5) is 0 Å². The van der Waals surface area contributed by atoms with Crippen LogP contribution in [0.3, 0.4) is 0 Å². The SMILES string of the molecule is N.O.O.O.O.O=S(=O)(O)O.[Ce]. The van der Waals surface area contributed by atoms with Crippen molar-refractivity contribution < 1.29 is 81.2 Å². The molecular formula is H13CeNO8S. The van der Waals surface area contributed by atoms with E-state index in [9.17, 15) is 0 Å². The predicted molar refractivity (Wildman–Crippen MR) is 33.7 cm³/mol. The molecule has 13 N–H and O–H groups in total.